The lowest BCUT2D eigenvalue weighted by Crippen LogP contribution is -2.53. The number of hydrogen-bond acceptors (Lipinski definition) is 3. The van der Waals surface area contributed by atoms with Gasteiger partial charge in [0.15, 0.2) is 6.61 Å². The molecule has 0 radical (unpaired) electrons. The number of amides is 2. The van der Waals surface area contributed by atoms with Crippen molar-refractivity contribution >= 4 is 27.7 Å². The van der Waals surface area contributed by atoms with Gasteiger partial charge in [0.05, 0.1) is 4.47 Å². The van der Waals surface area contributed by atoms with Gasteiger partial charge in [-0.05, 0) is 76.7 Å². The average molecular weight is 570 g/mol. The predicted molar refractivity (Wildman–Crippen MR) is 148 cm³/mol. The standard InChI is InChI=1S/C30H34BrFN2O3/c1-4-21(3)33-30(36)27(18-23-9-7-6-8-10-23)34(19-24-11-14-25(32)15-12-24)29(35)20-37-28-16-13-22(5-2)17-26(28)31/h6-17,21,27H,4-5,18-20H2,1-3H3,(H,33,36)/t21-,27+/m0/s1. The van der Waals surface area contributed by atoms with Crippen LogP contribution in [0.3, 0.4) is 0 Å². The highest BCUT2D eigenvalue weighted by Crippen LogP contribution is 2.26. The summed E-state index contributed by atoms with van der Waals surface area (Å²) < 4.78 is 20.2. The van der Waals surface area contributed by atoms with Gasteiger partial charge in [0, 0.05) is 19.0 Å². The maximum absolute atomic E-state index is 13.6. The fraction of sp³-hybridized carbons (Fsp3) is 0.333. The van der Waals surface area contributed by atoms with Crippen LogP contribution in [0, 0.1) is 5.82 Å². The molecule has 2 amide bonds. The zero-order valence-corrected chi connectivity index (χ0v) is 23.1. The van der Waals surface area contributed by atoms with E-state index in [2.05, 4.69) is 28.2 Å². The zero-order valence-electron chi connectivity index (χ0n) is 21.5. The second-order valence-corrected chi connectivity index (χ2v) is 9.93. The first kappa shape index (κ1) is 28.4. The molecule has 0 aliphatic rings. The Kier molecular flexibility index (Phi) is 10.7. The van der Waals surface area contributed by atoms with Crippen molar-refractivity contribution in [2.75, 3.05) is 6.61 Å². The van der Waals surface area contributed by atoms with Crippen LogP contribution in [-0.4, -0.2) is 35.4 Å². The van der Waals surface area contributed by atoms with Crippen molar-refractivity contribution in [3.63, 3.8) is 0 Å². The van der Waals surface area contributed by atoms with Crippen LogP contribution in [0.4, 0.5) is 4.39 Å². The zero-order chi connectivity index (χ0) is 26.8. The molecule has 196 valence electrons. The smallest absolute Gasteiger partial charge is 0.261 e. The van der Waals surface area contributed by atoms with E-state index >= 15 is 0 Å². The van der Waals surface area contributed by atoms with Crippen LogP contribution in [0.2, 0.25) is 0 Å². The van der Waals surface area contributed by atoms with Gasteiger partial charge in [-0.15, -0.1) is 0 Å². The van der Waals surface area contributed by atoms with Crippen LogP contribution in [0.15, 0.2) is 77.3 Å². The van der Waals surface area contributed by atoms with Gasteiger partial charge in [-0.2, -0.15) is 0 Å². The normalized spacial score (nSPS) is 12.5. The molecular weight excluding hydrogens is 535 g/mol. The minimum atomic E-state index is -0.775. The van der Waals surface area contributed by atoms with E-state index in [-0.39, 0.29) is 36.8 Å². The van der Waals surface area contributed by atoms with Crippen LogP contribution in [-0.2, 0) is 29.0 Å². The van der Waals surface area contributed by atoms with Crippen LogP contribution in [0.5, 0.6) is 5.75 Å². The number of hydrogen-bond donors (Lipinski definition) is 1. The maximum Gasteiger partial charge on any atom is 0.261 e. The largest absolute Gasteiger partial charge is 0.483 e. The molecule has 0 heterocycles. The van der Waals surface area contributed by atoms with E-state index in [9.17, 15) is 14.0 Å². The topological polar surface area (TPSA) is 58.6 Å². The summed E-state index contributed by atoms with van der Waals surface area (Å²) in [5, 5.41) is 3.03. The fourth-order valence-electron chi connectivity index (χ4n) is 3.89. The summed E-state index contributed by atoms with van der Waals surface area (Å²) in [7, 11) is 0. The highest BCUT2D eigenvalue weighted by atomic mass is 79.9. The summed E-state index contributed by atoms with van der Waals surface area (Å²) in [6.45, 7) is 5.89. The van der Waals surface area contributed by atoms with Crippen molar-refractivity contribution in [3.8, 4) is 5.75 Å². The molecule has 37 heavy (non-hydrogen) atoms. The van der Waals surface area contributed by atoms with Crippen LogP contribution in [0.1, 0.15) is 43.9 Å². The van der Waals surface area contributed by atoms with Crippen molar-refractivity contribution in [3.05, 3.63) is 99.8 Å². The quantitative estimate of drug-likeness (QED) is 0.288. The van der Waals surface area contributed by atoms with E-state index in [4.69, 9.17) is 4.74 Å². The van der Waals surface area contributed by atoms with Crippen LogP contribution >= 0.6 is 15.9 Å². The molecule has 1 N–H and O–H groups in total. The number of halogens is 2. The van der Waals surface area contributed by atoms with Gasteiger partial charge in [0.25, 0.3) is 5.91 Å². The number of nitrogens with zero attached hydrogens (tertiary/aromatic N) is 1. The SMILES string of the molecule is CCc1ccc(OCC(=O)N(Cc2ccc(F)cc2)[C@H](Cc2ccccc2)C(=O)N[C@@H](C)CC)c(Br)c1. The van der Waals surface area contributed by atoms with Crippen molar-refractivity contribution < 1.29 is 18.7 Å². The minimum Gasteiger partial charge on any atom is -0.483 e. The summed E-state index contributed by atoms with van der Waals surface area (Å²) in [5.41, 5.74) is 2.80. The lowest BCUT2D eigenvalue weighted by molar-refractivity contribution is -0.143. The average Bonchev–Trinajstić information content (AvgIpc) is 2.91. The van der Waals surface area contributed by atoms with Gasteiger partial charge in [-0.3, -0.25) is 9.59 Å². The third-order valence-corrected chi connectivity index (χ3v) is 6.91. The molecule has 0 saturated heterocycles. The predicted octanol–water partition coefficient (Wildman–Crippen LogP) is 6.08. The van der Waals surface area contributed by atoms with Crippen molar-refractivity contribution in [1.82, 2.24) is 10.2 Å². The van der Waals surface area contributed by atoms with Crippen LogP contribution < -0.4 is 10.1 Å². The number of rotatable bonds is 12. The second kappa shape index (κ2) is 13.9. The molecular formula is C30H34BrFN2O3. The molecule has 5 nitrogen and oxygen atoms in total. The second-order valence-electron chi connectivity index (χ2n) is 9.08. The minimum absolute atomic E-state index is 0.0437. The molecule has 0 saturated carbocycles. The molecule has 0 unspecified atom stereocenters. The Morgan fingerprint density at radius 2 is 1.65 bits per heavy atom. The van der Waals surface area contributed by atoms with Gasteiger partial charge in [0.1, 0.15) is 17.6 Å². The van der Waals surface area contributed by atoms with Gasteiger partial charge < -0.3 is 15.0 Å². The molecule has 0 aliphatic carbocycles. The van der Waals surface area contributed by atoms with Gasteiger partial charge in [0.2, 0.25) is 5.91 Å². The monoisotopic (exact) mass is 568 g/mol. The van der Waals surface area contributed by atoms with Crippen molar-refractivity contribution in [2.45, 2.75) is 58.7 Å². The Hall–Kier alpha value is -3.19. The molecule has 3 aromatic rings. The molecule has 3 aromatic carbocycles. The fourth-order valence-corrected chi connectivity index (χ4v) is 4.43. The summed E-state index contributed by atoms with van der Waals surface area (Å²) in [6.07, 6.45) is 1.99. The summed E-state index contributed by atoms with van der Waals surface area (Å²) in [5.74, 6) is -0.380. The third-order valence-electron chi connectivity index (χ3n) is 6.29. The third kappa shape index (κ3) is 8.42. The Bertz CT molecular complexity index is 1170. The van der Waals surface area contributed by atoms with Crippen molar-refractivity contribution in [2.24, 2.45) is 0 Å². The number of carbonyl (C=O) groups is 2. The van der Waals surface area contributed by atoms with E-state index in [1.807, 2.05) is 62.4 Å². The lowest BCUT2D eigenvalue weighted by Gasteiger charge is -2.32. The lowest BCUT2D eigenvalue weighted by atomic mass is 10.0. The molecule has 0 fully saturated rings. The molecule has 0 bridgehead atoms. The highest BCUT2D eigenvalue weighted by molar-refractivity contribution is 9.10. The molecule has 3 rings (SSSR count). The Balaban J connectivity index is 1.91. The summed E-state index contributed by atoms with van der Waals surface area (Å²) in [4.78, 5) is 28.7. The van der Waals surface area contributed by atoms with Gasteiger partial charge in [-0.25, -0.2) is 4.39 Å². The number of aryl methyl sites for hydroxylation is 1. The van der Waals surface area contributed by atoms with Crippen LogP contribution in [0.25, 0.3) is 0 Å². The first-order valence-corrected chi connectivity index (χ1v) is 13.4. The maximum atomic E-state index is 13.6. The van der Waals surface area contributed by atoms with E-state index < -0.39 is 6.04 Å². The number of ether oxygens (including phenoxy) is 1. The number of benzene rings is 3. The highest BCUT2D eigenvalue weighted by Gasteiger charge is 2.31. The van der Waals surface area contributed by atoms with E-state index in [0.29, 0.717) is 12.2 Å². The van der Waals surface area contributed by atoms with Gasteiger partial charge in [-0.1, -0.05) is 62.4 Å². The summed E-state index contributed by atoms with van der Waals surface area (Å²) >= 11 is 3.52. The van der Waals surface area contributed by atoms with E-state index in [1.165, 1.54) is 17.0 Å². The van der Waals surface area contributed by atoms with Crippen molar-refractivity contribution in [1.29, 1.82) is 0 Å². The Morgan fingerprint density at radius 3 is 2.27 bits per heavy atom. The Morgan fingerprint density at radius 1 is 0.973 bits per heavy atom. The molecule has 0 aliphatic heterocycles. The van der Waals surface area contributed by atoms with E-state index in [0.717, 1.165) is 34.0 Å². The molecule has 2 atom stereocenters. The van der Waals surface area contributed by atoms with E-state index in [1.54, 1.807) is 12.1 Å². The first-order chi connectivity index (χ1) is 17.8. The molecule has 0 spiro atoms. The number of carbonyl (C=O) groups excluding carboxylic acids is 2. The number of nitrogens with one attached hydrogen (secondary N) is 1. The first-order valence-electron chi connectivity index (χ1n) is 12.6. The molecule has 7 heteroatoms. The Labute approximate surface area is 227 Å². The summed E-state index contributed by atoms with van der Waals surface area (Å²) in [6, 6.07) is 20.5. The molecule has 0 aromatic heterocycles. The van der Waals surface area contributed by atoms with Gasteiger partial charge >= 0.3 is 0 Å².